The van der Waals surface area contributed by atoms with Crippen molar-refractivity contribution in [2.24, 2.45) is 0 Å². The van der Waals surface area contributed by atoms with Gasteiger partial charge in [0.25, 0.3) is 0 Å². The van der Waals surface area contributed by atoms with Gasteiger partial charge in [-0.15, -0.1) is 0 Å². The quantitative estimate of drug-likeness (QED) is 0.818. The molecule has 2 aliphatic rings. The van der Waals surface area contributed by atoms with Gasteiger partial charge in [-0.05, 0) is 37.0 Å². The first kappa shape index (κ1) is 19.3. The average molecular weight is 383 g/mol. The first-order chi connectivity index (χ1) is 12.3. The number of alkyl halides is 1. The predicted molar refractivity (Wildman–Crippen MR) is 98.6 cm³/mol. The molecular formula is C19H27FN2O3S. The summed E-state index contributed by atoms with van der Waals surface area (Å²) in [5.41, 5.74) is 0.243. The molecule has 2 atom stereocenters. The van der Waals surface area contributed by atoms with E-state index >= 15 is 0 Å². The van der Waals surface area contributed by atoms with Crippen LogP contribution in [-0.2, 0) is 20.0 Å². The van der Waals surface area contributed by atoms with E-state index in [2.05, 4.69) is 10.6 Å². The molecule has 2 fully saturated rings. The number of nitrogens with one attached hydrogen (secondary N) is 2. The highest BCUT2D eigenvalue weighted by Crippen LogP contribution is 2.40. The zero-order chi connectivity index (χ0) is 18.8. The zero-order valence-corrected chi connectivity index (χ0v) is 15.9. The number of hydrogen-bond donors (Lipinski definition) is 2. The molecule has 1 aliphatic heterocycles. The van der Waals surface area contributed by atoms with Crippen LogP contribution in [0.5, 0.6) is 0 Å². The van der Waals surface area contributed by atoms with Crippen molar-refractivity contribution in [3.63, 3.8) is 0 Å². The highest BCUT2D eigenvalue weighted by atomic mass is 32.2. The maximum absolute atomic E-state index is 13.3. The van der Waals surface area contributed by atoms with E-state index in [1.807, 2.05) is 0 Å². The first-order valence-corrected chi connectivity index (χ1v) is 11.2. The Kier molecular flexibility index (Phi) is 5.67. The molecular weight excluding hydrogens is 355 g/mol. The fourth-order valence-electron chi connectivity index (χ4n) is 4.13. The molecule has 2 N–H and O–H groups in total. The van der Waals surface area contributed by atoms with Crippen molar-refractivity contribution in [2.75, 3.05) is 19.3 Å². The highest BCUT2D eigenvalue weighted by molar-refractivity contribution is 7.90. The molecule has 1 heterocycles. The van der Waals surface area contributed by atoms with Gasteiger partial charge in [0.15, 0.2) is 9.84 Å². The molecule has 3 rings (SSSR count). The van der Waals surface area contributed by atoms with Crippen molar-refractivity contribution in [1.29, 1.82) is 0 Å². The Balaban J connectivity index is 1.78. The van der Waals surface area contributed by atoms with Crippen LogP contribution in [0.25, 0.3) is 0 Å². The molecule has 5 nitrogen and oxygen atoms in total. The lowest BCUT2D eigenvalue weighted by Crippen LogP contribution is -2.48. The van der Waals surface area contributed by atoms with Crippen LogP contribution in [0, 0.1) is 0 Å². The molecule has 0 radical (unpaired) electrons. The van der Waals surface area contributed by atoms with E-state index in [-0.39, 0.29) is 16.8 Å². The number of halogens is 1. The summed E-state index contributed by atoms with van der Waals surface area (Å²) in [6.07, 6.45) is 5.30. The fourth-order valence-corrected chi connectivity index (χ4v) is 4.76. The zero-order valence-electron chi connectivity index (χ0n) is 15.1. The van der Waals surface area contributed by atoms with Crippen molar-refractivity contribution in [3.8, 4) is 0 Å². The smallest absolute Gasteiger partial charge is 0.230 e. The lowest BCUT2D eigenvalue weighted by molar-refractivity contribution is -0.128. The molecule has 0 bridgehead atoms. The largest absolute Gasteiger partial charge is 0.354 e. The number of benzene rings is 1. The van der Waals surface area contributed by atoms with Gasteiger partial charge in [0.05, 0.1) is 10.3 Å². The van der Waals surface area contributed by atoms with E-state index < -0.39 is 21.4 Å². The van der Waals surface area contributed by atoms with Crippen molar-refractivity contribution in [1.82, 2.24) is 10.6 Å². The Morgan fingerprint density at radius 1 is 1.23 bits per heavy atom. The summed E-state index contributed by atoms with van der Waals surface area (Å²) in [5, 5.41) is 6.10. The summed E-state index contributed by atoms with van der Waals surface area (Å²) in [6.45, 7) is 0.765. The van der Waals surface area contributed by atoms with Crippen molar-refractivity contribution < 1.29 is 17.6 Å². The third-order valence-electron chi connectivity index (χ3n) is 5.65. The van der Waals surface area contributed by atoms with E-state index in [0.717, 1.165) is 37.7 Å². The molecule has 1 saturated carbocycles. The minimum atomic E-state index is -3.26. The van der Waals surface area contributed by atoms with Crippen molar-refractivity contribution in [3.05, 3.63) is 29.8 Å². The topological polar surface area (TPSA) is 75.3 Å². The number of carbonyl (C=O) groups excluding carboxylic acids is 1. The number of sulfone groups is 1. The van der Waals surface area contributed by atoms with E-state index in [9.17, 15) is 17.6 Å². The van der Waals surface area contributed by atoms with Crippen LogP contribution in [0.15, 0.2) is 29.2 Å². The molecule has 1 aromatic rings. The Labute approximate surface area is 154 Å². The second-order valence-electron chi connectivity index (χ2n) is 7.59. The molecule has 26 heavy (non-hydrogen) atoms. The van der Waals surface area contributed by atoms with Gasteiger partial charge in [-0.25, -0.2) is 12.8 Å². The third kappa shape index (κ3) is 4.09. The minimum Gasteiger partial charge on any atom is -0.354 e. The monoisotopic (exact) mass is 382 g/mol. The van der Waals surface area contributed by atoms with Crippen LogP contribution in [0.4, 0.5) is 4.39 Å². The van der Waals surface area contributed by atoms with Crippen LogP contribution in [0.1, 0.15) is 44.1 Å². The summed E-state index contributed by atoms with van der Waals surface area (Å²) in [6, 6.07) is 6.68. The molecule has 1 aromatic carbocycles. The Morgan fingerprint density at radius 2 is 1.88 bits per heavy atom. The van der Waals surface area contributed by atoms with Crippen molar-refractivity contribution in [2.45, 2.75) is 61.0 Å². The van der Waals surface area contributed by atoms with Gasteiger partial charge in [-0.3, -0.25) is 4.79 Å². The molecule has 0 aromatic heterocycles. The average Bonchev–Trinajstić information content (AvgIpc) is 3.05. The molecule has 1 saturated heterocycles. The Hall–Kier alpha value is -1.47. The molecule has 0 spiro atoms. The van der Waals surface area contributed by atoms with Crippen LogP contribution in [-0.4, -0.2) is 45.9 Å². The molecule has 1 aliphatic carbocycles. The summed E-state index contributed by atoms with van der Waals surface area (Å²) in [7, 11) is -3.26. The lowest BCUT2D eigenvalue weighted by atomic mass is 9.68. The van der Waals surface area contributed by atoms with Gasteiger partial charge < -0.3 is 10.6 Å². The standard InChI is InChI=1S/C19H27FN2O3S/c1-26(24,25)17-7-5-14(6-8-17)19(9-3-2-4-10-19)18(23)22-13-16-11-15(20)12-21-16/h5-8,15-16,21H,2-4,9-13H2,1H3,(H,22,23)/t15-,16-/m0/s1. The maximum atomic E-state index is 13.3. The Morgan fingerprint density at radius 3 is 2.42 bits per heavy atom. The van der Waals surface area contributed by atoms with Gasteiger partial charge in [0, 0.05) is 25.4 Å². The minimum absolute atomic E-state index is 0.0257. The van der Waals surface area contributed by atoms with E-state index in [0.29, 0.717) is 19.5 Å². The number of amides is 1. The predicted octanol–water partition coefficient (Wildman–Crippen LogP) is 2.11. The lowest BCUT2D eigenvalue weighted by Gasteiger charge is -2.36. The first-order valence-electron chi connectivity index (χ1n) is 9.28. The van der Waals surface area contributed by atoms with Gasteiger partial charge in [0.1, 0.15) is 6.17 Å². The fraction of sp³-hybridized carbons (Fsp3) is 0.632. The SMILES string of the molecule is CS(=O)(=O)c1ccc(C2(C(=O)NC[C@@H]3C[C@H](F)CN3)CCCCC2)cc1. The van der Waals surface area contributed by atoms with E-state index in [1.165, 1.54) is 6.26 Å². The molecule has 0 unspecified atom stereocenters. The van der Waals surface area contributed by atoms with Crippen LogP contribution in [0.2, 0.25) is 0 Å². The highest BCUT2D eigenvalue weighted by Gasteiger charge is 2.41. The maximum Gasteiger partial charge on any atom is 0.230 e. The second kappa shape index (κ2) is 7.64. The Bertz CT molecular complexity index is 743. The summed E-state index contributed by atoms with van der Waals surface area (Å²) in [5.74, 6) is -0.0339. The molecule has 144 valence electrons. The number of rotatable bonds is 5. The van der Waals surface area contributed by atoms with Crippen LogP contribution < -0.4 is 10.6 Å². The van der Waals surface area contributed by atoms with Gasteiger partial charge in [0.2, 0.25) is 5.91 Å². The summed E-state index contributed by atoms with van der Waals surface area (Å²) in [4.78, 5) is 13.4. The van der Waals surface area contributed by atoms with Gasteiger partial charge in [-0.2, -0.15) is 0 Å². The number of carbonyl (C=O) groups is 1. The van der Waals surface area contributed by atoms with Crippen LogP contribution >= 0.6 is 0 Å². The summed E-state index contributed by atoms with van der Waals surface area (Å²) >= 11 is 0. The van der Waals surface area contributed by atoms with Gasteiger partial charge in [-0.1, -0.05) is 31.4 Å². The summed E-state index contributed by atoms with van der Waals surface area (Å²) < 4.78 is 36.7. The molecule has 7 heteroatoms. The molecule has 1 amide bonds. The van der Waals surface area contributed by atoms with E-state index in [1.54, 1.807) is 24.3 Å². The van der Waals surface area contributed by atoms with Gasteiger partial charge >= 0.3 is 0 Å². The van der Waals surface area contributed by atoms with Crippen molar-refractivity contribution >= 4 is 15.7 Å². The van der Waals surface area contributed by atoms with E-state index in [4.69, 9.17) is 0 Å². The second-order valence-corrected chi connectivity index (χ2v) is 9.60. The normalized spacial score (nSPS) is 25.8. The number of hydrogen-bond acceptors (Lipinski definition) is 4. The third-order valence-corrected chi connectivity index (χ3v) is 6.78. The van der Waals surface area contributed by atoms with Crippen LogP contribution in [0.3, 0.4) is 0 Å².